The van der Waals surface area contributed by atoms with E-state index in [1.807, 2.05) is 6.07 Å². The number of nitrogens with one attached hydrogen (secondary N) is 9. The first-order valence-corrected chi connectivity index (χ1v) is 26.8. The van der Waals surface area contributed by atoms with Crippen molar-refractivity contribution in [2.24, 2.45) is 0 Å². The van der Waals surface area contributed by atoms with Gasteiger partial charge in [-0.15, -0.1) is 0 Å². The molecule has 1 fully saturated rings. The van der Waals surface area contributed by atoms with Crippen LogP contribution < -0.4 is 64.3 Å². The van der Waals surface area contributed by atoms with Crippen LogP contribution in [0.3, 0.4) is 0 Å². The van der Waals surface area contributed by atoms with Gasteiger partial charge in [0.05, 0.1) is 51.7 Å². The highest BCUT2D eigenvalue weighted by molar-refractivity contribution is 5.88. The number of urea groups is 2. The molecule has 4 heterocycles. The third-order valence-corrected chi connectivity index (χ3v) is 11.0. The van der Waals surface area contributed by atoms with E-state index in [4.69, 9.17) is 30.4 Å². The van der Waals surface area contributed by atoms with Crippen molar-refractivity contribution in [2.75, 3.05) is 84.3 Å². The highest BCUT2D eigenvalue weighted by Gasteiger charge is 2.33. The van der Waals surface area contributed by atoms with E-state index in [0.29, 0.717) is 92.8 Å². The Balaban J connectivity index is 0.000000386. The summed E-state index contributed by atoms with van der Waals surface area (Å²) >= 11 is 0. The van der Waals surface area contributed by atoms with E-state index in [2.05, 4.69) is 80.4 Å². The molecule has 84 heavy (non-hydrogen) atoms. The first kappa shape index (κ1) is 70.3. The number of amides is 5. The lowest BCUT2D eigenvalue weighted by atomic mass is 10.0. The average molecular weight is 1180 g/mol. The number of carbonyl (C=O) groups is 7. The second kappa shape index (κ2) is 40.4. The zero-order valence-electron chi connectivity index (χ0n) is 48.5. The van der Waals surface area contributed by atoms with Crippen molar-refractivity contribution in [3.05, 3.63) is 124 Å². The number of phenols is 1. The first-order valence-electron chi connectivity index (χ1n) is 26.8. The molecule has 1 unspecified atom stereocenters. The summed E-state index contributed by atoms with van der Waals surface area (Å²) in [7, 11) is 1.49. The van der Waals surface area contributed by atoms with Gasteiger partial charge in [0.2, 0.25) is 5.91 Å². The molecule has 0 saturated carbocycles. The summed E-state index contributed by atoms with van der Waals surface area (Å²) in [6, 6.07) is 11.9. The Morgan fingerprint density at radius 3 is 1.67 bits per heavy atom. The van der Waals surface area contributed by atoms with Gasteiger partial charge >= 0.3 is 35.9 Å². The van der Waals surface area contributed by atoms with Crippen LogP contribution in [0.1, 0.15) is 75.2 Å². The van der Waals surface area contributed by atoms with Crippen LogP contribution in [0.2, 0.25) is 0 Å². The molecule has 3 aromatic heterocycles. The van der Waals surface area contributed by atoms with Crippen molar-refractivity contribution in [2.45, 2.75) is 86.0 Å². The number of benzene rings is 1. The first-order chi connectivity index (χ1) is 40.2. The third kappa shape index (κ3) is 30.7. The highest BCUT2D eigenvalue weighted by Crippen LogP contribution is 2.26. The maximum Gasteiger partial charge on any atom is 0.328 e. The van der Waals surface area contributed by atoms with E-state index in [0.717, 1.165) is 29.5 Å². The molecule has 460 valence electrons. The fourth-order valence-corrected chi connectivity index (χ4v) is 6.93. The number of nitrogens with zero attached hydrogens (tertiary/aromatic N) is 4. The highest BCUT2D eigenvalue weighted by atomic mass is 16.5. The van der Waals surface area contributed by atoms with Gasteiger partial charge in [0, 0.05) is 63.3 Å². The van der Waals surface area contributed by atoms with Crippen LogP contribution in [0.5, 0.6) is 11.5 Å². The van der Waals surface area contributed by atoms with Gasteiger partial charge in [0.1, 0.15) is 43.1 Å². The standard InChI is InChI=1S/C17H25N5O4.C14H20N2O4.C12H18N4O4.C12H18N4O2/c1-2-26-16(24)13-5-3-4-8-22(13)15(23)11-21-17(25)20-10-12-6-7-14(18)19-9-12;1-4-20-14(18)9-16-10(2)15-8-11-5-6-12(17)13(7-11)19-3;1-3-20-11(18)7-14-12(19)13-5-4-9-15-8(2)6-10(17)16-9;1-3-18-12(17)8-15-9(2)14-6-10-4-5-11(13)16-7-10/h6-7,9,13H,2-5,8,10-11H2,1H3,(H2,18,19)(H2,20,21,25);5-7,15-17H,2,4,8-9H2,1,3H3;6H,3-5,7H2,1-2H3,(H2,13,14,19)(H,15,16,17);4-5,7,14-15H,2-3,6,8H2,1H3,(H2,13,16). The van der Waals surface area contributed by atoms with Crippen LogP contribution in [0, 0.1) is 6.92 Å². The lowest BCUT2D eigenvalue weighted by Crippen LogP contribution is -2.52. The number of hydrogen-bond acceptors (Lipinski definition) is 23. The van der Waals surface area contributed by atoms with Gasteiger partial charge in [-0.3, -0.25) is 24.0 Å². The molecule has 0 bridgehead atoms. The van der Waals surface area contributed by atoms with Crippen LogP contribution in [0.4, 0.5) is 21.2 Å². The monoisotopic (exact) mass is 1180 g/mol. The number of anilines is 2. The van der Waals surface area contributed by atoms with Crippen molar-refractivity contribution >= 4 is 53.5 Å². The van der Waals surface area contributed by atoms with Gasteiger partial charge in [-0.25, -0.2) is 29.3 Å². The molecule has 29 nitrogen and oxygen atoms in total. The SMILES string of the molecule is C=C(NCC(=O)OCC)NCc1ccc(N)nc1.C=C(NCC(=O)OCC)NCc1ccc(O)c(OC)c1.CCOC(=O)C1CCCCN1C(=O)CNC(=O)NCc1ccc(N)nc1.CCOC(=O)CNC(=O)NCCc1nc(C)cc(=O)[nH]1. The Bertz CT molecular complexity index is 2780. The van der Waals surface area contributed by atoms with Gasteiger partial charge in [-0.1, -0.05) is 31.4 Å². The molecule has 29 heteroatoms. The van der Waals surface area contributed by atoms with Gasteiger partial charge in [-0.05, 0) is 94.8 Å². The van der Waals surface area contributed by atoms with E-state index in [1.165, 1.54) is 18.1 Å². The molecule has 5 rings (SSSR count). The van der Waals surface area contributed by atoms with E-state index < -0.39 is 24.1 Å². The maximum absolute atomic E-state index is 12.4. The number of aromatic hydroxyl groups is 1. The molecule has 0 aliphatic carbocycles. The fourth-order valence-electron chi connectivity index (χ4n) is 6.93. The number of rotatable bonds is 27. The van der Waals surface area contributed by atoms with E-state index >= 15 is 0 Å². The number of nitrogen functional groups attached to an aromatic ring is 2. The number of esters is 4. The number of ether oxygens (including phenoxy) is 5. The minimum absolute atomic E-state index is 0.0680. The molecule has 1 saturated heterocycles. The van der Waals surface area contributed by atoms with Crippen LogP contribution >= 0.6 is 0 Å². The summed E-state index contributed by atoms with van der Waals surface area (Å²) in [5, 5.41) is 31.2. The Morgan fingerprint density at radius 2 is 1.15 bits per heavy atom. The van der Waals surface area contributed by atoms with Crippen molar-refractivity contribution in [3.63, 3.8) is 0 Å². The van der Waals surface area contributed by atoms with E-state index in [9.17, 15) is 43.5 Å². The molecule has 0 radical (unpaired) electrons. The van der Waals surface area contributed by atoms with Gasteiger partial charge < -0.3 is 92.7 Å². The Hall–Kier alpha value is -9.83. The zero-order valence-corrected chi connectivity index (χ0v) is 48.5. The number of H-pyrrole nitrogens is 1. The van der Waals surface area contributed by atoms with Crippen molar-refractivity contribution in [3.8, 4) is 11.5 Å². The number of nitrogens with two attached hydrogens (primary N) is 2. The van der Waals surface area contributed by atoms with E-state index in [-0.39, 0.29) is 81.1 Å². The van der Waals surface area contributed by atoms with E-state index in [1.54, 1.807) is 83.4 Å². The zero-order chi connectivity index (χ0) is 62.2. The molecule has 4 aromatic rings. The van der Waals surface area contributed by atoms with Crippen LogP contribution in [-0.2, 0) is 69.0 Å². The largest absolute Gasteiger partial charge is 0.504 e. The summed E-state index contributed by atoms with van der Waals surface area (Å²) in [4.78, 5) is 108. The molecule has 1 aliphatic heterocycles. The predicted octanol–water partition coefficient (Wildman–Crippen LogP) is 1.38. The number of methoxy groups -OCH3 is 1. The Kier molecular flexibility index (Phi) is 33.8. The number of carbonyl (C=O) groups excluding carboxylic acids is 7. The summed E-state index contributed by atoms with van der Waals surface area (Å²) in [6.07, 6.45) is 5.93. The van der Waals surface area contributed by atoms with Gasteiger partial charge in [-0.2, -0.15) is 0 Å². The van der Waals surface area contributed by atoms with Crippen LogP contribution in [-0.4, -0.2) is 151 Å². The topological polar surface area (TPSA) is 409 Å². The molecule has 5 amide bonds. The molecule has 1 aliphatic rings. The molecule has 1 aromatic carbocycles. The quantitative estimate of drug-likeness (QED) is 0.0296. The molecular formula is C55H81N15O14. The third-order valence-electron chi connectivity index (χ3n) is 11.0. The smallest absolute Gasteiger partial charge is 0.328 e. The number of aromatic amines is 1. The minimum Gasteiger partial charge on any atom is -0.504 e. The lowest BCUT2D eigenvalue weighted by Gasteiger charge is -2.34. The summed E-state index contributed by atoms with van der Waals surface area (Å²) in [5.41, 5.74) is 14.1. The van der Waals surface area contributed by atoms with Gasteiger partial charge in [0.25, 0.3) is 5.56 Å². The summed E-state index contributed by atoms with van der Waals surface area (Å²) < 4.78 is 24.3. The lowest BCUT2D eigenvalue weighted by molar-refractivity contribution is -0.156. The predicted molar refractivity (Wildman–Crippen MR) is 311 cm³/mol. The summed E-state index contributed by atoms with van der Waals surface area (Å²) in [5.74, 6) is 1.15. The van der Waals surface area contributed by atoms with Crippen molar-refractivity contribution < 1.29 is 62.4 Å². The minimum atomic E-state index is -0.568. The number of hydrogen-bond donors (Lipinski definition) is 12. The number of phenolic OH excluding ortho intramolecular Hbond substituents is 1. The normalized spacial score (nSPS) is 11.9. The van der Waals surface area contributed by atoms with Crippen LogP contribution in [0.15, 0.2) is 90.5 Å². The number of likely N-dealkylation sites (tertiary alicyclic amines) is 1. The van der Waals surface area contributed by atoms with Crippen molar-refractivity contribution in [1.29, 1.82) is 0 Å². The fraction of sp³-hybridized carbons (Fsp3) is 0.436. The second-order valence-electron chi connectivity index (χ2n) is 17.6. The molecule has 0 spiro atoms. The Labute approximate surface area is 487 Å². The number of piperidine rings is 1. The number of pyridine rings is 2. The van der Waals surface area contributed by atoms with Crippen molar-refractivity contribution in [1.82, 2.24) is 67.4 Å². The van der Waals surface area contributed by atoms with Gasteiger partial charge in [0.15, 0.2) is 11.5 Å². The number of aromatic nitrogens is 4. The molecule has 14 N–H and O–H groups in total. The average Bonchev–Trinajstić information content (AvgIpc) is 3.56. The summed E-state index contributed by atoms with van der Waals surface area (Å²) in [6.45, 7) is 19.3. The second-order valence-corrected chi connectivity index (χ2v) is 17.6. The van der Waals surface area contributed by atoms with Crippen LogP contribution in [0.25, 0.3) is 0 Å². The molecular weight excluding hydrogens is 1090 g/mol. The molecule has 1 atom stereocenters. The Morgan fingerprint density at radius 1 is 0.655 bits per heavy atom. The number of aryl methyl sites for hydroxylation is 1. The maximum atomic E-state index is 12.4.